The van der Waals surface area contributed by atoms with Crippen molar-refractivity contribution in [2.24, 2.45) is 11.7 Å². The molecule has 1 aliphatic carbocycles. The second kappa shape index (κ2) is 3.29. The molecular formula is C11H13BN. The number of rotatable bonds is 1. The zero-order valence-corrected chi connectivity index (χ0v) is 7.66. The zero-order valence-electron chi connectivity index (χ0n) is 7.66. The van der Waals surface area contributed by atoms with Crippen LogP contribution in [-0.4, -0.2) is 7.28 Å². The first kappa shape index (κ1) is 8.42. The summed E-state index contributed by atoms with van der Waals surface area (Å²) in [6.45, 7) is 3.81. The molecule has 0 amide bonds. The van der Waals surface area contributed by atoms with E-state index < -0.39 is 0 Å². The van der Waals surface area contributed by atoms with Gasteiger partial charge in [0.2, 0.25) is 0 Å². The summed E-state index contributed by atoms with van der Waals surface area (Å²) in [5, 5.41) is 0. The lowest BCUT2D eigenvalue weighted by Crippen LogP contribution is -2.07. The van der Waals surface area contributed by atoms with Crippen LogP contribution in [0.5, 0.6) is 0 Å². The Hall–Kier alpha value is -1.18. The molecule has 0 aromatic carbocycles. The Kier molecular flexibility index (Phi) is 2.13. The van der Waals surface area contributed by atoms with Crippen LogP contribution in [0.25, 0.3) is 0 Å². The third-order valence-corrected chi connectivity index (χ3v) is 2.58. The van der Waals surface area contributed by atoms with Crippen molar-refractivity contribution in [3.63, 3.8) is 0 Å². The van der Waals surface area contributed by atoms with E-state index in [1.165, 1.54) is 11.0 Å². The summed E-state index contributed by atoms with van der Waals surface area (Å²) >= 11 is 0. The van der Waals surface area contributed by atoms with E-state index in [2.05, 4.69) is 38.1 Å². The zero-order chi connectivity index (χ0) is 9.26. The molecule has 2 aliphatic rings. The molecule has 1 heterocycles. The molecule has 0 aromatic rings. The Balaban J connectivity index is 2.28. The number of hydrogen-bond donors (Lipinski definition) is 1. The first-order valence-corrected chi connectivity index (χ1v) is 4.65. The van der Waals surface area contributed by atoms with Crippen molar-refractivity contribution in [1.82, 2.24) is 0 Å². The maximum atomic E-state index is 5.72. The SMILES string of the molecule is C=C(N)C1C=C2C=C[B]C2=CCC1. The number of hydrogen-bond acceptors (Lipinski definition) is 1. The summed E-state index contributed by atoms with van der Waals surface area (Å²) < 4.78 is 0. The van der Waals surface area contributed by atoms with Crippen LogP contribution in [0.3, 0.4) is 0 Å². The first-order valence-electron chi connectivity index (χ1n) is 4.65. The molecule has 0 saturated heterocycles. The molecule has 0 bridgehead atoms. The fourth-order valence-corrected chi connectivity index (χ4v) is 1.80. The van der Waals surface area contributed by atoms with E-state index in [4.69, 9.17) is 5.73 Å². The molecule has 2 N–H and O–H groups in total. The predicted molar refractivity (Wildman–Crippen MR) is 57.1 cm³/mol. The smallest absolute Gasteiger partial charge is 0.181 e. The van der Waals surface area contributed by atoms with Gasteiger partial charge in [-0.3, -0.25) is 0 Å². The molecule has 0 fully saturated rings. The highest BCUT2D eigenvalue weighted by atomic mass is 14.6. The highest BCUT2D eigenvalue weighted by molar-refractivity contribution is 6.54. The van der Waals surface area contributed by atoms with Gasteiger partial charge in [-0.2, -0.15) is 0 Å². The molecule has 1 radical (unpaired) electrons. The van der Waals surface area contributed by atoms with Crippen LogP contribution in [-0.2, 0) is 0 Å². The van der Waals surface area contributed by atoms with Crippen molar-refractivity contribution in [3.05, 3.63) is 47.5 Å². The monoisotopic (exact) mass is 170 g/mol. The number of allylic oxidation sites excluding steroid dienone is 5. The van der Waals surface area contributed by atoms with Crippen LogP contribution < -0.4 is 5.73 Å². The summed E-state index contributed by atoms with van der Waals surface area (Å²) in [6.07, 6.45) is 8.81. The van der Waals surface area contributed by atoms with Crippen LogP contribution in [0.1, 0.15) is 12.8 Å². The molecule has 1 aliphatic heterocycles. The van der Waals surface area contributed by atoms with E-state index in [1.807, 2.05) is 0 Å². The lowest BCUT2D eigenvalue weighted by Gasteiger charge is -2.09. The summed E-state index contributed by atoms with van der Waals surface area (Å²) in [5.74, 6) is 2.43. The Morgan fingerprint density at radius 2 is 2.46 bits per heavy atom. The maximum Gasteiger partial charge on any atom is 0.181 e. The summed E-state index contributed by atoms with van der Waals surface area (Å²) in [4.78, 5) is 0. The third-order valence-electron chi connectivity index (χ3n) is 2.58. The van der Waals surface area contributed by atoms with Gasteiger partial charge in [-0.1, -0.05) is 30.3 Å². The molecule has 1 unspecified atom stereocenters. The molecule has 13 heavy (non-hydrogen) atoms. The van der Waals surface area contributed by atoms with Gasteiger partial charge >= 0.3 is 0 Å². The minimum atomic E-state index is 0.347. The fourth-order valence-electron chi connectivity index (χ4n) is 1.80. The minimum Gasteiger partial charge on any atom is -0.402 e. The van der Waals surface area contributed by atoms with Crippen LogP contribution in [0.4, 0.5) is 0 Å². The van der Waals surface area contributed by atoms with Gasteiger partial charge in [0, 0.05) is 11.6 Å². The lowest BCUT2D eigenvalue weighted by atomic mass is 9.72. The van der Waals surface area contributed by atoms with Crippen LogP contribution in [0, 0.1) is 5.92 Å². The molecule has 0 aromatic heterocycles. The highest BCUT2D eigenvalue weighted by Crippen LogP contribution is 2.27. The van der Waals surface area contributed by atoms with Gasteiger partial charge in [-0.15, -0.1) is 5.98 Å². The van der Waals surface area contributed by atoms with Crippen molar-refractivity contribution >= 4 is 7.28 Å². The molecule has 0 spiro atoms. The lowest BCUT2D eigenvalue weighted by molar-refractivity contribution is 0.682. The molecule has 0 saturated carbocycles. The standard InChI is InChI=1S/C11H13BN/c1-8(13)9-3-2-4-11-10(7-9)5-6-12-11/h4-7,9H,1-3,13H2. The second-order valence-electron chi connectivity index (χ2n) is 3.57. The minimum absolute atomic E-state index is 0.347. The van der Waals surface area contributed by atoms with E-state index in [0.29, 0.717) is 5.92 Å². The van der Waals surface area contributed by atoms with Crippen molar-refractivity contribution in [1.29, 1.82) is 0 Å². The van der Waals surface area contributed by atoms with Gasteiger partial charge in [0.1, 0.15) is 0 Å². The van der Waals surface area contributed by atoms with Crippen LogP contribution >= 0.6 is 0 Å². The largest absolute Gasteiger partial charge is 0.402 e. The van der Waals surface area contributed by atoms with Crippen molar-refractivity contribution in [2.45, 2.75) is 12.8 Å². The Labute approximate surface area is 79.9 Å². The number of nitrogens with two attached hydrogens (primary N) is 1. The molecule has 1 nitrogen and oxygen atoms in total. The van der Waals surface area contributed by atoms with Gasteiger partial charge in [0.25, 0.3) is 0 Å². The van der Waals surface area contributed by atoms with Crippen molar-refractivity contribution < 1.29 is 0 Å². The molecule has 65 valence electrons. The molecular weight excluding hydrogens is 157 g/mol. The second-order valence-corrected chi connectivity index (χ2v) is 3.57. The Bertz CT molecular complexity index is 323. The van der Waals surface area contributed by atoms with E-state index in [9.17, 15) is 0 Å². The topological polar surface area (TPSA) is 26.0 Å². The summed E-state index contributed by atoms with van der Waals surface area (Å²) in [5.41, 5.74) is 9.14. The number of fused-ring (bicyclic) bond motifs is 1. The third kappa shape index (κ3) is 1.62. The van der Waals surface area contributed by atoms with E-state index in [1.54, 1.807) is 0 Å². The summed E-state index contributed by atoms with van der Waals surface area (Å²) in [7, 11) is 2.15. The Morgan fingerprint density at radius 3 is 3.23 bits per heavy atom. The maximum absolute atomic E-state index is 5.72. The van der Waals surface area contributed by atoms with Gasteiger partial charge < -0.3 is 5.73 Å². The van der Waals surface area contributed by atoms with Gasteiger partial charge in [0.05, 0.1) is 0 Å². The van der Waals surface area contributed by atoms with E-state index in [-0.39, 0.29) is 0 Å². The van der Waals surface area contributed by atoms with Crippen LogP contribution in [0.15, 0.2) is 47.5 Å². The van der Waals surface area contributed by atoms with Crippen molar-refractivity contribution in [3.8, 4) is 0 Å². The van der Waals surface area contributed by atoms with Crippen molar-refractivity contribution in [2.75, 3.05) is 0 Å². The molecule has 1 atom stereocenters. The van der Waals surface area contributed by atoms with Gasteiger partial charge in [-0.25, -0.2) is 0 Å². The normalized spacial score (nSPS) is 25.4. The molecule has 2 heteroatoms. The first-order chi connectivity index (χ1) is 6.27. The quantitative estimate of drug-likeness (QED) is 0.597. The highest BCUT2D eigenvalue weighted by Gasteiger charge is 2.15. The Morgan fingerprint density at radius 1 is 1.62 bits per heavy atom. The van der Waals surface area contributed by atoms with Gasteiger partial charge in [0.15, 0.2) is 7.28 Å². The average Bonchev–Trinajstić information content (AvgIpc) is 2.42. The van der Waals surface area contributed by atoms with E-state index in [0.717, 1.165) is 18.5 Å². The molecule has 2 rings (SSSR count). The predicted octanol–water partition coefficient (Wildman–Crippen LogP) is 1.91. The van der Waals surface area contributed by atoms with E-state index >= 15 is 0 Å². The summed E-state index contributed by atoms with van der Waals surface area (Å²) in [6, 6.07) is 0. The fraction of sp³-hybridized carbons (Fsp3) is 0.273. The van der Waals surface area contributed by atoms with Gasteiger partial charge in [-0.05, 0) is 18.4 Å². The van der Waals surface area contributed by atoms with Crippen LogP contribution in [0.2, 0.25) is 0 Å². The average molecular weight is 170 g/mol.